The number of aryl methyl sites for hydroxylation is 1. The van der Waals surface area contributed by atoms with Gasteiger partial charge in [0.2, 0.25) is 0 Å². The van der Waals surface area contributed by atoms with E-state index in [1.54, 1.807) is 6.07 Å². The maximum absolute atomic E-state index is 15.1. The Balaban J connectivity index is 2.06. The van der Waals surface area contributed by atoms with E-state index in [0.717, 1.165) is 24.5 Å². The number of hydrogen-bond acceptors (Lipinski definition) is 6. The minimum absolute atomic E-state index is 0.0141. The van der Waals surface area contributed by atoms with Gasteiger partial charge in [-0.15, -0.1) is 0 Å². The van der Waals surface area contributed by atoms with Gasteiger partial charge in [0.1, 0.15) is 29.3 Å². The number of alkyl halides is 2. The molecule has 0 radical (unpaired) electrons. The molecule has 3 rings (SSSR count). The Labute approximate surface area is 173 Å². The summed E-state index contributed by atoms with van der Waals surface area (Å²) in [5, 5.41) is 20.0. The first-order valence-corrected chi connectivity index (χ1v) is 8.78. The standard InChI is InChI=1S/C20H13F3N6O2/c1-9-13(21)3-4-14-15(9)12(6-25)16(18(30)29-14)20(22,23)19(31)28-10(2)17-26-7-11(5-24)8-27-17/h3-4,7-8,10H,1-2H3,(H,28,31)(H,29,30)/t10-/m1/s1. The fourth-order valence-electron chi connectivity index (χ4n) is 3.03. The van der Waals surface area contributed by atoms with Crippen molar-refractivity contribution in [2.24, 2.45) is 0 Å². The van der Waals surface area contributed by atoms with Crippen LogP contribution in [0.15, 0.2) is 29.3 Å². The second-order valence-corrected chi connectivity index (χ2v) is 6.62. The van der Waals surface area contributed by atoms with Crippen LogP contribution >= 0.6 is 0 Å². The van der Waals surface area contributed by atoms with Crippen molar-refractivity contribution in [3.63, 3.8) is 0 Å². The third-order valence-electron chi connectivity index (χ3n) is 4.62. The average molecular weight is 426 g/mol. The van der Waals surface area contributed by atoms with E-state index in [9.17, 15) is 19.2 Å². The van der Waals surface area contributed by atoms with E-state index in [1.165, 1.54) is 19.9 Å². The Kier molecular flexibility index (Phi) is 5.45. The Bertz CT molecular complexity index is 1340. The predicted octanol–water partition coefficient (Wildman–Crippen LogP) is 2.48. The number of amides is 1. The van der Waals surface area contributed by atoms with Gasteiger partial charge in [0, 0.05) is 17.8 Å². The number of fused-ring (bicyclic) bond motifs is 1. The molecule has 2 N–H and O–H groups in total. The van der Waals surface area contributed by atoms with Gasteiger partial charge in [-0.05, 0) is 31.5 Å². The van der Waals surface area contributed by atoms with Gasteiger partial charge in [0.25, 0.3) is 11.5 Å². The first-order valence-electron chi connectivity index (χ1n) is 8.78. The molecule has 0 saturated heterocycles. The minimum atomic E-state index is -4.42. The molecule has 1 amide bonds. The number of aromatic nitrogens is 3. The summed E-state index contributed by atoms with van der Waals surface area (Å²) in [5.74, 6) is -7.11. The van der Waals surface area contributed by atoms with Gasteiger partial charge in [-0.3, -0.25) is 9.59 Å². The maximum Gasteiger partial charge on any atom is 0.356 e. The molecule has 1 atom stereocenters. The largest absolute Gasteiger partial charge is 0.356 e. The molecule has 0 aliphatic rings. The van der Waals surface area contributed by atoms with E-state index in [1.807, 2.05) is 5.32 Å². The van der Waals surface area contributed by atoms with Crippen LogP contribution in [0.1, 0.15) is 41.0 Å². The molecule has 0 saturated carbocycles. The van der Waals surface area contributed by atoms with Gasteiger partial charge in [-0.2, -0.15) is 19.3 Å². The lowest BCUT2D eigenvalue weighted by atomic mass is 9.96. The molecule has 2 aromatic heterocycles. The van der Waals surface area contributed by atoms with E-state index in [-0.39, 0.29) is 27.9 Å². The van der Waals surface area contributed by atoms with E-state index in [2.05, 4.69) is 15.0 Å². The molecule has 0 bridgehead atoms. The Hall–Kier alpha value is -4.25. The number of rotatable bonds is 4. The monoisotopic (exact) mass is 426 g/mol. The lowest BCUT2D eigenvalue weighted by Gasteiger charge is -2.20. The van der Waals surface area contributed by atoms with E-state index in [4.69, 9.17) is 5.26 Å². The van der Waals surface area contributed by atoms with Crippen LogP contribution in [0.5, 0.6) is 0 Å². The number of carbonyl (C=O) groups is 1. The number of halogens is 3. The highest BCUT2D eigenvalue weighted by Crippen LogP contribution is 2.33. The fourth-order valence-corrected chi connectivity index (χ4v) is 3.03. The number of nitrogens with zero attached hydrogens (tertiary/aromatic N) is 4. The molecular weight excluding hydrogens is 413 g/mol. The van der Waals surface area contributed by atoms with E-state index in [0.29, 0.717) is 0 Å². The van der Waals surface area contributed by atoms with Crippen LogP contribution in [-0.4, -0.2) is 20.9 Å². The van der Waals surface area contributed by atoms with Crippen molar-refractivity contribution in [2.75, 3.05) is 0 Å². The van der Waals surface area contributed by atoms with Crippen molar-refractivity contribution in [1.82, 2.24) is 20.3 Å². The Morgan fingerprint density at radius 2 is 1.87 bits per heavy atom. The first-order chi connectivity index (χ1) is 14.6. The molecule has 11 heteroatoms. The zero-order valence-electron chi connectivity index (χ0n) is 16.1. The number of pyridine rings is 1. The molecule has 0 fully saturated rings. The van der Waals surface area contributed by atoms with Crippen molar-refractivity contribution >= 4 is 16.8 Å². The smallest absolute Gasteiger partial charge is 0.341 e. The number of hydrogen-bond donors (Lipinski definition) is 2. The molecule has 3 aromatic rings. The zero-order chi connectivity index (χ0) is 22.9. The normalized spacial score (nSPS) is 12.1. The van der Waals surface area contributed by atoms with Crippen molar-refractivity contribution < 1.29 is 18.0 Å². The van der Waals surface area contributed by atoms with Crippen LogP contribution < -0.4 is 10.9 Å². The summed E-state index contributed by atoms with van der Waals surface area (Å²) in [6.45, 7) is 2.59. The maximum atomic E-state index is 15.1. The molecule has 1 aromatic carbocycles. The molecular formula is C20H13F3N6O2. The van der Waals surface area contributed by atoms with Crippen LogP contribution in [-0.2, 0) is 10.7 Å². The molecule has 0 spiro atoms. The second-order valence-electron chi connectivity index (χ2n) is 6.62. The van der Waals surface area contributed by atoms with Gasteiger partial charge in [0.05, 0.1) is 22.7 Å². The molecule has 8 nitrogen and oxygen atoms in total. The van der Waals surface area contributed by atoms with E-state index >= 15 is 8.78 Å². The lowest BCUT2D eigenvalue weighted by molar-refractivity contribution is -0.148. The first kappa shape index (κ1) is 21.5. The molecule has 31 heavy (non-hydrogen) atoms. The van der Waals surface area contributed by atoms with E-state index < -0.39 is 40.4 Å². The zero-order valence-corrected chi connectivity index (χ0v) is 16.1. The number of nitriles is 2. The van der Waals surface area contributed by atoms with Crippen LogP contribution in [0.2, 0.25) is 0 Å². The summed E-state index contributed by atoms with van der Waals surface area (Å²) >= 11 is 0. The molecule has 0 aliphatic heterocycles. The predicted molar refractivity (Wildman–Crippen MR) is 101 cm³/mol. The summed E-state index contributed by atoms with van der Waals surface area (Å²) in [4.78, 5) is 34.5. The minimum Gasteiger partial charge on any atom is -0.341 e. The van der Waals surface area contributed by atoms with Gasteiger partial charge < -0.3 is 10.3 Å². The molecule has 156 valence electrons. The van der Waals surface area contributed by atoms with Crippen LogP contribution in [0.3, 0.4) is 0 Å². The third kappa shape index (κ3) is 3.69. The number of nitrogens with one attached hydrogen (secondary N) is 2. The Morgan fingerprint density at radius 3 is 2.45 bits per heavy atom. The topological polar surface area (TPSA) is 135 Å². The summed E-state index contributed by atoms with van der Waals surface area (Å²) in [6, 6.07) is 4.37. The number of aromatic amines is 1. The van der Waals surface area contributed by atoms with Gasteiger partial charge in [-0.1, -0.05) is 0 Å². The second kappa shape index (κ2) is 7.88. The summed E-state index contributed by atoms with van der Waals surface area (Å²) < 4.78 is 44.1. The van der Waals surface area contributed by atoms with Crippen molar-refractivity contribution in [1.29, 1.82) is 10.5 Å². The number of benzene rings is 1. The highest BCUT2D eigenvalue weighted by molar-refractivity contribution is 5.92. The van der Waals surface area contributed by atoms with Gasteiger partial charge in [0.15, 0.2) is 0 Å². The highest BCUT2D eigenvalue weighted by atomic mass is 19.3. The summed E-state index contributed by atoms with van der Waals surface area (Å²) in [6.07, 6.45) is 2.31. The summed E-state index contributed by atoms with van der Waals surface area (Å²) in [7, 11) is 0. The van der Waals surface area contributed by atoms with Gasteiger partial charge in [-0.25, -0.2) is 14.4 Å². The summed E-state index contributed by atoms with van der Waals surface area (Å²) in [5.41, 5.74) is -3.53. The molecule has 0 unspecified atom stereocenters. The average Bonchev–Trinajstić information content (AvgIpc) is 2.75. The Morgan fingerprint density at radius 1 is 1.23 bits per heavy atom. The third-order valence-corrected chi connectivity index (χ3v) is 4.62. The SMILES string of the molecule is Cc1c(F)ccc2[nH]c(=O)c(C(F)(F)C(=O)N[C@H](C)c3ncc(C#N)cn3)c(C#N)c12. The number of carbonyl (C=O) groups excluding carboxylic acids is 1. The quantitative estimate of drug-likeness (QED) is 0.658. The fraction of sp³-hybridized carbons (Fsp3) is 0.200. The molecule has 2 heterocycles. The van der Waals surface area contributed by atoms with Crippen molar-refractivity contribution in [3.8, 4) is 12.1 Å². The van der Waals surface area contributed by atoms with Crippen LogP contribution in [0.4, 0.5) is 13.2 Å². The van der Waals surface area contributed by atoms with Gasteiger partial charge >= 0.3 is 5.92 Å². The highest BCUT2D eigenvalue weighted by Gasteiger charge is 2.46. The number of H-pyrrole nitrogens is 1. The van der Waals surface area contributed by atoms with Crippen LogP contribution in [0.25, 0.3) is 10.9 Å². The molecule has 0 aliphatic carbocycles. The lowest BCUT2D eigenvalue weighted by Crippen LogP contribution is -2.43. The van der Waals surface area contributed by atoms with Crippen LogP contribution in [0, 0.1) is 35.4 Å². The van der Waals surface area contributed by atoms with Crippen molar-refractivity contribution in [3.05, 3.63) is 68.8 Å². The van der Waals surface area contributed by atoms with Crippen molar-refractivity contribution in [2.45, 2.75) is 25.8 Å².